The minimum atomic E-state index is -3.88. The van der Waals surface area contributed by atoms with E-state index in [0.717, 1.165) is 30.1 Å². The predicted molar refractivity (Wildman–Crippen MR) is 128 cm³/mol. The van der Waals surface area contributed by atoms with Gasteiger partial charge in [0.1, 0.15) is 15.8 Å². The molecular weight excluding hydrogens is 449 g/mol. The SMILES string of the molecule is COc1ccc(N2CC(C)NC(C)C2)cc1NS(=O)(=O)c1ccc(-c2ccccc2F)s1. The van der Waals surface area contributed by atoms with Gasteiger partial charge < -0.3 is 15.0 Å². The maximum Gasteiger partial charge on any atom is 0.271 e. The Bertz CT molecular complexity index is 1200. The summed E-state index contributed by atoms with van der Waals surface area (Å²) >= 11 is 1.02. The van der Waals surface area contributed by atoms with Crippen molar-refractivity contribution < 1.29 is 17.5 Å². The van der Waals surface area contributed by atoms with E-state index >= 15 is 0 Å². The van der Waals surface area contributed by atoms with Gasteiger partial charge in [0.25, 0.3) is 10.0 Å². The number of hydrogen-bond donors (Lipinski definition) is 2. The Kier molecular flexibility index (Phi) is 6.41. The fourth-order valence-corrected chi connectivity index (χ4v) is 6.37. The Morgan fingerprint density at radius 1 is 1.09 bits per heavy atom. The van der Waals surface area contributed by atoms with Crippen LogP contribution >= 0.6 is 11.3 Å². The molecule has 2 N–H and O–H groups in total. The van der Waals surface area contributed by atoms with Gasteiger partial charge in [-0.25, -0.2) is 12.8 Å². The second kappa shape index (κ2) is 9.09. The monoisotopic (exact) mass is 475 g/mol. The topological polar surface area (TPSA) is 70.7 Å². The molecule has 32 heavy (non-hydrogen) atoms. The molecule has 1 aliphatic heterocycles. The van der Waals surface area contributed by atoms with E-state index in [9.17, 15) is 12.8 Å². The number of piperazine rings is 1. The highest BCUT2D eigenvalue weighted by molar-refractivity contribution is 7.94. The molecule has 0 amide bonds. The van der Waals surface area contributed by atoms with Gasteiger partial charge in [-0.05, 0) is 50.2 Å². The highest BCUT2D eigenvalue weighted by Crippen LogP contribution is 2.36. The third kappa shape index (κ3) is 4.74. The summed E-state index contributed by atoms with van der Waals surface area (Å²) in [6.45, 7) is 5.89. The molecule has 2 aromatic carbocycles. The summed E-state index contributed by atoms with van der Waals surface area (Å²) in [6.07, 6.45) is 0. The van der Waals surface area contributed by atoms with Crippen molar-refractivity contribution in [3.8, 4) is 16.2 Å². The summed E-state index contributed by atoms with van der Waals surface area (Å²) in [5.41, 5.74) is 1.66. The van der Waals surface area contributed by atoms with E-state index in [1.165, 1.54) is 19.2 Å². The number of nitrogens with one attached hydrogen (secondary N) is 2. The second-order valence-corrected chi connectivity index (χ2v) is 11.0. The molecule has 2 heterocycles. The number of methoxy groups -OCH3 is 1. The van der Waals surface area contributed by atoms with Crippen LogP contribution in [0.25, 0.3) is 10.4 Å². The maximum atomic E-state index is 14.1. The Labute approximate surface area is 192 Å². The van der Waals surface area contributed by atoms with Gasteiger partial charge in [0.15, 0.2) is 0 Å². The average Bonchev–Trinajstić information content (AvgIpc) is 3.24. The van der Waals surface area contributed by atoms with Crippen molar-refractivity contribution in [3.63, 3.8) is 0 Å². The molecule has 2 unspecified atom stereocenters. The van der Waals surface area contributed by atoms with E-state index in [-0.39, 0.29) is 10.0 Å². The summed E-state index contributed by atoms with van der Waals surface area (Å²) in [5, 5.41) is 3.49. The largest absolute Gasteiger partial charge is 0.495 e. The summed E-state index contributed by atoms with van der Waals surface area (Å²) < 4.78 is 48.5. The van der Waals surface area contributed by atoms with E-state index in [4.69, 9.17) is 4.74 Å². The van der Waals surface area contributed by atoms with Crippen molar-refractivity contribution in [2.24, 2.45) is 0 Å². The van der Waals surface area contributed by atoms with Crippen LogP contribution < -0.4 is 19.7 Å². The Morgan fingerprint density at radius 2 is 1.81 bits per heavy atom. The molecule has 1 aliphatic rings. The van der Waals surface area contributed by atoms with Crippen molar-refractivity contribution in [1.82, 2.24) is 5.32 Å². The van der Waals surface area contributed by atoms with Crippen molar-refractivity contribution in [2.45, 2.75) is 30.1 Å². The lowest BCUT2D eigenvalue weighted by molar-refractivity contribution is 0.406. The smallest absolute Gasteiger partial charge is 0.271 e. The Hall–Kier alpha value is -2.62. The molecule has 1 fully saturated rings. The van der Waals surface area contributed by atoms with Gasteiger partial charge in [0.05, 0.1) is 12.8 Å². The van der Waals surface area contributed by atoms with Gasteiger partial charge in [-0.2, -0.15) is 0 Å². The quantitative estimate of drug-likeness (QED) is 0.547. The van der Waals surface area contributed by atoms with Crippen LogP contribution in [0, 0.1) is 5.82 Å². The average molecular weight is 476 g/mol. The van der Waals surface area contributed by atoms with Gasteiger partial charge in [0.2, 0.25) is 0 Å². The van der Waals surface area contributed by atoms with Gasteiger partial charge >= 0.3 is 0 Å². The number of anilines is 2. The van der Waals surface area contributed by atoms with Crippen LogP contribution in [0.4, 0.5) is 15.8 Å². The van der Waals surface area contributed by atoms with Gasteiger partial charge in [-0.15, -0.1) is 11.3 Å². The molecule has 9 heteroatoms. The van der Waals surface area contributed by atoms with Crippen molar-refractivity contribution in [2.75, 3.05) is 29.8 Å². The standard InChI is InChI=1S/C23H26FN3O3S2/c1-15-13-27(14-16(2)25-15)17-8-9-21(30-3)20(12-17)26-32(28,29)23-11-10-22(31-23)18-6-4-5-7-19(18)24/h4-12,15-16,25-26H,13-14H2,1-3H3. The molecule has 0 spiro atoms. The molecule has 1 saturated heterocycles. The number of nitrogens with zero attached hydrogens (tertiary/aromatic N) is 1. The molecule has 0 aliphatic carbocycles. The minimum Gasteiger partial charge on any atom is -0.495 e. The van der Waals surface area contributed by atoms with E-state index < -0.39 is 10.0 Å². The molecule has 1 aromatic heterocycles. The van der Waals surface area contributed by atoms with Crippen molar-refractivity contribution >= 4 is 32.7 Å². The molecular formula is C23H26FN3O3S2. The van der Waals surface area contributed by atoms with Gasteiger partial charge in [0, 0.05) is 41.3 Å². The highest BCUT2D eigenvalue weighted by Gasteiger charge is 2.24. The second-order valence-electron chi connectivity index (χ2n) is 7.96. The summed E-state index contributed by atoms with van der Waals surface area (Å²) in [5.74, 6) is 0.0412. The lowest BCUT2D eigenvalue weighted by Gasteiger charge is -2.38. The third-order valence-electron chi connectivity index (χ3n) is 5.34. The van der Waals surface area contributed by atoms with E-state index in [1.807, 2.05) is 6.07 Å². The molecule has 0 radical (unpaired) electrons. The number of rotatable bonds is 6. The number of halogens is 1. The summed E-state index contributed by atoms with van der Waals surface area (Å²) in [4.78, 5) is 2.78. The zero-order valence-corrected chi connectivity index (χ0v) is 19.8. The minimum absolute atomic E-state index is 0.104. The van der Waals surface area contributed by atoms with E-state index in [1.54, 1.807) is 36.4 Å². The Morgan fingerprint density at radius 3 is 2.50 bits per heavy atom. The van der Waals surface area contributed by atoms with Crippen LogP contribution in [-0.2, 0) is 10.0 Å². The fourth-order valence-electron chi connectivity index (χ4n) is 3.98. The molecule has 0 bridgehead atoms. The third-order valence-corrected chi connectivity index (χ3v) is 8.31. The molecule has 3 aromatic rings. The number of thiophene rings is 1. The first kappa shape index (κ1) is 22.6. The van der Waals surface area contributed by atoms with Crippen LogP contribution in [0.15, 0.2) is 58.8 Å². The van der Waals surface area contributed by atoms with Crippen molar-refractivity contribution in [3.05, 3.63) is 60.4 Å². The zero-order chi connectivity index (χ0) is 22.9. The molecule has 4 rings (SSSR count). The molecule has 2 atom stereocenters. The first-order valence-corrected chi connectivity index (χ1v) is 12.6. The maximum absolute atomic E-state index is 14.1. The number of sulfonamides is 1. The van der Waals surface area contributed by atoms with Gasteiger partial charge in [-0.3, -0.25) is 4.72 Å². The fraction of sp³-hybridized carbons (Fsp3) is 0.304. The Balaban J connectivity index is 1.62. The van der Waals surface area contributed by atoms with Crippen LogP contribution in [-0.4, -0.2) is 40.7 Å². The number of ether oxygens (including phenoxy) is 1. The van der Waals surface area contributed by atoms with Crippen LogP contribution in [0.2, 0.25) is 0 Å². The lowest BCUT2D eigenvalue weighted by atomic mass is 10.1. The normalized spacial score (nSPS) is 19.1. The van der Waals surface area contributed by atoms with Crippen LogP contribution in [0.3, 0.4) is 0 Å². The lowest BCUT2D eigenvalue weighted by Crippen LogP contribution is -2.54. The van der Waals surface area contributed by atoms with Crippen molar-refractivity contribution in [1.29, 1.82) is 0 Å². The molecule has 6 nitrogen and oxygen atoms in total. The first-order valence-electron chi connectivity index (χ1n) is 10.3. The van der Waals surface area contributed by atoms with Crippen LogP contribution in [0.5, 0.6) is 5.75 Å². The number of hydrogen-bond acceptors (Lipinski definition) is 6. The van der Waals surface area contributed by atoms with E-state index in [0.29, 0.717) is 34.0 Å². The summed E-state index contributed by atoms with van der Waals surface area (Å²) in [6, 6.07) is 15.6. The predicted octanol–water partition coefficient (Wildman–Crippen LogP) is 4.55. The zero-order valence-electron chi connectivity index (χ0n) is 18.1. The number of benzene rings is 2. The van der Waals surface area contributed by atoms with E-state index in [2.05, 4.69) is 28.8 Å². The first-order chi connectivity index (χ1) is 15.3. The molecule has 170 valence electrons. The molecule has 0 saturated carbocycles. The van der Waals surface area contributed by atoms with Gasteiger partial charge in [-0.1, -0.05) is 18.2 Å². The highest BCUT2D eigenvalue weighted by atomic mass is 32.2. The summed E-state index contributed by atoms with van der Waals surface area (Å²) in [7, 11) is -2.38. The van der Waals surface area contributed by atoms with Crippen LogP contribution in [0.1, 0.15) is 13.8 Å².